The minimum absolute atomic E-state index is 0.00608. The summed E-state index contributed by atoms with van der Waals surface area (Å²) in [5.41, 5.74) is -0.110. The van der Waals surface area contributed by atoms with Crippen LogP contribution in [0.1, 0.15) is 5.56 Å². The Balaban J connectivity index is 2.84. The highest BCUT2D eigenvalue weighted by atomic mass is 19.2. The Labute approximate surface area is 108 Å². The Kier molecular flexibility index (Phi) is 5.64. The van der Waals surface area contributed by atoms with Gasteiger partial charge >= 0.3 is 5.97 Å². The molecule has 0 fully saturated rings. The van der Waals surface area contributed by atoms with E-state index in [0.29, 0.717) is 0 Å². The molecule has 0 radical (unpaired) electrons. The minimum atomic E-state index is -1.06. The van der Waals surface area contributed by atoms with Crippen molar-refractivity contribution in [2.24, 2.45) is 0 Å². The molecule has 0 saturated carbocycles. The average molecular weight is 267 g/mol. The van der Waals surface area contributed by atoms with Crippen molar-refractivity contribution in [3.05, 3.63) is 41.0 Å². The summed E-state index contributed by atoms with van der Waals surface area (Å²) in [6, 6.07) is 4.68. The standard InChI is InChI=1S/C13H11F2NO3/c1-18-4-5-19-13(17)10(8-16)6-9-2-3-11(14)12(15)7-9/h2-3,6-7H,4-5H2,1H3/b10-6-. The smallest absolute Gasteiger partial charge is 0.348 e. The summed E-state index contributed by atoms with van der Waals surface area (Å²) in [6.07, 6.45) is 1.12. The van der Waals surface area contributed by atoms with Crippen LogP contribution in [-0.4, -0.2) is 26.3 Å². The summed E-state index contributed by atoms with van der Waals surface area (Å²) < 4.78 is 35.1. The number of halogens is 2. The lowest BCUT2D eigenvalue weighted by molar-refractivity contribution is -0.139. The van der Waals surface area contributed by atoms with E-state index in [4.69, 9.17) is 10.00 Å². The number of nitriles is 1. The Hall–Kier alpha value is -2.26. The predicted molar refractivity (Wildman–Crippen MR) is 62.8 cm³/mol. The maximum absolute atomic E-state index is 13.0. The molecule has 0 saturated heterocycles. The molecule has 1 rings (SSSR count). The van der Waals surface area contributed by atoms with E-state index in [1.54, 1.807) is 6.07 Å². The molecule has 4 nitrogen and oxygen atoms in total. The van der Waals surface area contributed by atoms with Crippen molar-refractivity contribution in [2.45, 2.75) is 0 Å². The van der Waals surface area contributed by atoms with Gasteiger partial charge in [0.25, 0.3) is 0 Å². The van der Waals surface area contributed by atoms with Crippen LogP contribution in [-0.2, 0) is 14.3 Å². The van der Waals surface area contributed by atoms with Gasteiger partial charge in [0.05, 0.1) is 6.61 Å². The van der Waals surface area contributed by atoms with Gasteiger partial charge in [0.15, 0.2) is 11.6 Å². The number of benzene rings is 1. The molecule has 0 aliphatic heterocycles. The Morgan fingerprint density at radius 2 is 2.11 bits per heavy atom. The molecule has 6 heteroatoms. The Morgan fingerprint density at radius 3 is 2.68 bits per heavy atom. The van der Waals surface area contributed by atoms with E-state index in [1.807, 2.05) is 0 Å². The lowest BCUT2D eigenvalue weighted by Gasteiger charge is -2.03. The monoisotopic (exact) mass is 267 g/mol. The predicted octanol–water partition coefficient (Wildman–Crippen LogP) is 2.06. The molecule has 0 spiro atoms. The third-order valence-corrected chi connectivity index (χ3v) is 2.12. The van der Waals surface area contributed by atoms with Crippen molar-refractivity contribution in [3.8, 4) is 6.07 Å². The van der Waals surface area contributed by atoms with Gasteiger partial charge in [-0.15, -0.1) is 0 Å². The van der Waals surface area contributed by atoms with Crippen molar-refractivity contribution in [1.82, 2.24) is 0 Å². The third-order valence-electron chi connectivity index (χ3n) is 2.12. The molecule has 0 atom stereocenters. The van der Waals surface area contributed by atoms with Crippen LogP contribution in [0.5, 0.6) is 0 Å². The Bertz CT molecular complexity index is 535. The lowest BCUT2D eigenvalue weighted by Crippen LogP contribution is -2.11. The van der Waals surface area contributed by atoms with E-state index in [-0.39, 0.29) is 24.4 Å². The fourth-order valence-corrected chi connectivity index (χ4v) is 1.20. The number of carbonyl (C=O) groups excluding carboxylic acids is 1. The first-order valence-corrected chi connectivity index (χ1v) is 5.31. The summed E-state index contributed by atoms with van der Waals surface area (Å²) in [5.74, 6) is -2.90. The van der Waals surface area contributed by atoms with E-state index in [0.717, 1.165) is 18.2 Å². The van der Waals surface area contributed by atoms with Gasteiger partial charge in [0, 0.05) is 7.11 Å². The molecular formula is C13H11F2NO3. The SMILES string of the molecule is COCCOC(=O)/C(C#N)=C\c1ccc(F)c(F)c1. The first kappa shape index (κ1) is 14.8. The second-order valence-electron chi connectivity index (χ2n) is 3.47. The van der Waals surface area contributed by atoms with Crippen molar-refractivity contribution < 1.29 is 23.0 Å². The molecule has 0 aliphatic carbocycles. The van der Waals surface area contributed by atoms with Crippen LogP contribution in [0.15, 0.2) is 23.8 Å². The van der Waals surface area contributed by atoms with Gasteiger partial charge in [0.2, 0.25) is 0 Å². The molecule has 19 heavy (non-hydrogen) atoms. The normalized spacial score (nSPS) is 10.9. The summed E-state index contributed by atoms with van der Waals surface area (Å²) in [5, 5.41) is 8.82. The Morgan fingerprint density at radius 1 is 1.37 bits per heavy atom. The lowest BCUT2D eigenvalue weighted by atomic mass is 10.1. The summed E-state index contributed by atoms with van der Waals surface area (Å²) in [7, 11) is 1.44. The molecule has 0 heterocycles. The van der Waals surface area contributed by atoms with Gasteiger partial charge in [-0.1, -0.05) is 6.07 Å². The third kappa shape index (κ3) is 4.48. The van der Waals surface area contributed by atoms with Crippen molar-refractivity contribution in [2.75, 3.05) is 20.3 Å². The molecule has 0 aliphatic rings. The highest BCUT2D eigenvalue weighted by Gasteiger charge is 2.11. The maximum Gasteiger partial charge on any atom is 0.348 e. The summed E-state index contributed by atoms with van der Waals surface area (Å²) >= 11 is 0. The number of nitrogens with zero attached hydrogens (tertiary/aromatic N) is 1. The fraction of sp³-hybridized carbons (Fsp3) is 0.231. The number of esters is 1. The maximum atomic E-state index is 13.0. The molecule has 1 aromatic carbocycles. The second-order valence-corrected chi connectivity index (χ2v) is 3.47. The van der Waals surface area contributed by atoms with E-state index in [9.17, 15) is 13.6 Å². The van der Waals surface area contributed by atoms with Crippen molar-refractivity contribution in [1.29, 1.82) is 5.26 Å². The fourth-order valence-electron chi connectivity index (χ4n) is 1.20. The number of carbonyl (C=O) groups is 1. The van der Waals surface area contributed by atoms with Crippen LogP contribution in [0.4, 0.5) is 8.78 Å². The first-order valence-electron chi connectivity index (χ1n) is 5.31. The van der Waals surface area contributed by atoms with Gasteiger partial charge in [0.1, 0.15) is 18.2 Å². The van der Waals surface area contributed by atoms with Gasteiger partial charge in [-0.25, -0.2) is 13.6 Å². The van der Waals surface area contributed by atoms with Crippen LogP contribution in [0.2, 0.25) is 0 Å². The molecule has 0 unspecified atom stereocenters. The zero-order chi connectivity index (χ0) is 14.3. The summed E-state index contributed by atoms with van der Waals surface area (Å²) in [6.45, 7) is 0.210. The summed E-state index contributed by atoms with van der Waals surface area (Å²) in [4.78, 5) is 11.5. The number of ether oxygens (including phenoxy) is 2. The molecule has 100 valence electrons. The molecule has 0 bridgehead atoms. The molecular weight excluding hydrogens is 256 g/mol. The average Bonchev–Trinajstić information content (AvgIpc) is 2.40. The largest absolute Gasteiger partial charge is 0.459 e. The van der Waals surface area contributed by atoms with Gasteiger partial charge in [-0.2, -0.15) is 5.26 Å². The van der Waals surface area contributed by atoms with Gasteiger partial charge < -0.3 is 9.47 Å². The molecule has 0 amide bonds. The zero-order valence-electron chi connectivity index (χ0n) is 10.2. The highest BCUT2D eigenvalue weighted by molar-refractivity contribution is 5.97. The van der Waals surface area contributed by atoms with Crippen LogP contribution in [0.25, 0.3) is 6.08 Å². The number of methoxy groups -OCH3 is 1. The van der Waals surface area contributed by atoms with Gasteiger partial charge in [-0.3, -0.25) is 0 Å². The first-order chi connectivity index (χ1) is 9.08. The zero-order valence-corrected chi connectivity index (χ0v) is 10.2. The van der Waals surface area contributed by atoms with Crippen molar-refractivity contribution >= 4 is 12.0 Å². The number of rotatable bonds is 5. The van der Waals surface area contributed by atoms with Crippen LogP contribution in [0.3, 0.4) is 0 Å². The van der Waals surface area contributed by atoms with E-state index < -0.39 is 17.6 Å². The van der Waals surface area contributed by atoms with Crippen molar-refractivity contribution in [3.63, 3.8) is 0 Å². The number of hydrogen-bond acceptors (Lipinski definition) is 4. The van der Waals surface area contributed by atoms with Crippen LogP contribution in [0, 0.1) is 23.0 Å². The highest BCUT2D eigenvalue weighted by Crippen LogP contribution is 2.12. The second kappa shape index (κ2) is 7.24. The van der Waals surface area contributed by atoms with E-state index >= 15 is 0 Å². The molecule has 0 N–H and O–H groups in total. The van der Waals surface area contributed by atoms with Crippen LogP contribution >= 0.6 is 0 Å². The topological polar surface area (TPSA) is 59.3 Å². The minimum Gasteiger partial charge on any atom is -0.459 e. The van der Waals surface area contributed by atoms with Crippen LogP contribution < -0.4 is 0 Å². The van der Waals surface area contributed by atoms with Gasteiger partial charge in [-0.05, 0) is 23.8 Å². The molecule has 1 aromatic rings. The van der Waals surface area contributed by atoms with E-state index in [1.165, 1.54) is 13.2 Å². The number of hydrogen-bond donors (Lipinski definition) is 0. The quantitative estimate of drug-likeness (QED) is 0.354. The van der Waals surface area contributed by atoms with E-state index in [2.05, 4.69) is 4.74 Å². The molecule has 0 aromatic heterocycles.